The second-order valence-electron chi connectivity index (χ2n) is 2.78. The second-order valence-corrected chi connectivity index (χ2v) is 4.16. The van der Waals surface area contributed by atoms with Gasteiger partial charge in [0.1, 0.15) is 10.1 Å². The van der Waals surface area contributed by atoms with Gasteiger partial charge >= 0.3 is 62.8 Å². The van der Waals surface area contributed by atoms with Crippen LogP contribution in [0.1, 0.15) is 0 Å². The molecule has 0 radical (unpaired) electrons. The van der Waals surface area contributed by atoms with Crippen LogP contribution in [-0.4, -0.2) is 27.9 Å². The molecule has 0 aliphatic carbocycles. The average molecular weight is 302 g/mol. The van der Waals surface area contributed by atoms with E-state index in [0.29, 0.717) is 0 Å². The van der Waals surface area contributed by atoms with Crippen LogP contribution in [0.4, 0.5) is 11.4 Å². The zero-order chi connectivity index (χ0) is 13.4. The second kappa shape index (κ2) is 6.01. The van der Waals surface area contributed by atoms with Gasteiger partial charge in [-0.2, -0.15) is 0 Å². The fraction of sp³-hybridized carbons (Fsp3) is 0. The molecule has 0 aliphatic rings. The number of rotatable bonds is 3. The van der Waals surface area contributed by atoms with E-state index >= 15 is 0 Å². The molecule has 0 saturated carbocycles. The topological polar surface area (TPSA) is 164 Å². The van der Waals surface area contributed by atoms with E-state index < -0.39 is 42.0 Å². The number of nitro benzene ring substituents is 2. The molecule has 1 aromatic rings. The Bertz CT molecular complexity index is 577. The van der Waals surface area contributed by atoms with Crippen molar-refractivity contribution >= 4 is 21.5 Å². The van der Waals surface area contributed by atoms with Crippen LogP contribution >= 0.6 is 0 Å². The van der Waals surface area contributed by atoms with Gasteiger partial charge in [-0.25, -0.2) is 8.42 Å². The molecule has 0 amide bonds. The van der Waals surface area contributed by atoms with Crippen molar-refractivity contribution in [2.24, 2.45) is 0 Å². The van der Waals surface area contributed by atoms with Gasteiger partial charge in [0.05, 0.1) is 14.7 Å². The van der Waals surface area contributed by atoms with Gasteiger partial charge in [-0.15, -0.1) is 0 Å². The Labute approximate surface area is 142 Å². The summed E-state index contributed by atoms with van der Waals surface area (Å²) in [4.78, 5) is 17.2. The Kier molecular flexibility index (Phi) is 5.79. The van der Waals surface area contributed by atoms with Crippen molar-refractivity contribution in [2.45, 2.75) is 4.90 Å². The molecule has 18 heavy (non-hydrogen) atoms. The zero-order valence-corrected chi connectivity index (χ0v) is 12.7. The first-order valence-corrected chi connectivity index (χ1v) is 5.17. The van der Waals surface area contributed by atoms with E-state index in [-0.39, 0.29) is 63.5 Å². The summed E-state index contributed by atoms with van der Waals surface area (Å²) in [5, 5.41) is 29.9. The number of phenols is 1. The summed E-state index contributed by atoms with van der Waals surface area (Å²) in [5.74, 6) is -1.31. The fourth-order valence-corrected chi connectivity index (χ4v) is 1.51. The standard InChI is InChI=1S/C6H4N2O8S.K/c9-6-4(7(10)11)1-3(17(14,15)16)2-5(6)8(12)13;/h1-2,9H,(H,14,15,16);/q;+1/p-1. The largest absolute Gasteiger partial charge is 1.00 e. The maximum Gasteiger partial charge on any atom is 1.00 e. The first-order chi connectivity index (χ1) is 7.64. The minimum atomic E-state index is -5.10. The molecule has 0 aliphatic heterocycles. The molecule has 0 heterocycles. The van der Waals surface area contributed by atoms with Gasteiger partial charge in [-0.3, -0.25) is 20.2 Å². The van der Waals surface area contributed by atoms with Crippen molar-refractivity contribution < 1.29 is 79.3 Å². The number of aromatic hydroxyl groups is 1. The number of hydrogen-bond donors (Lipinski definition) is 1. The molecule has 0 bridgehead atoms. The van der Waals surface area contributed by atoms with Crippen LogP contribution in [0.3, 0.4) is 0 Å². The molecule has 1 N–H and O–H groups in total. The summed E-state index contributed by atoms with van der Waals surface area (Å²) >= 11 is 0. The van der Waals surface area contributed by atoms with E-state index in [0.717, 1.165) is 0 Å². The summed E-state index contributed by atoms with van der Waals surface area (Å²) in [7, 11) is -5.10. The van der Waals surface area contributed by atoms with Crippen LogP contribution in [0.15, 0.2) is 17.0 Å². The number of benzene rings is 1. The molecule has 1 rings (SSSR count). The van der Waals surface area contributed by atoms with Gasteiger partial charge in [-0.1, -0.05) is 0 Å². The molecule has 0 atom stereocenters. The average Bonchev–Trinajstić information content (AvgIpc) is 2.14. The van der Waals surface area contributed by atoms with Crippen LogP contribution in [0.25, 0.3) is 0 Å². The predicted molar refractivity (Wildman–Crippen MR) is 49.4 cm³/mol. The number of nitrogens with zero attached hydrogens (tertiary/aromatic N) is 2. The predicted octanol–water partition coefficient (Wildman–Crippen LogP) is -2.88. The summed E-state index contributed by atoms with van der Waals surface area (Å²) in [6, 6.07) is 0.509. The van der Waals surface area contributed by atoms with E-state index in [4.69, 9.17) is 5.11 Å². The number of hydrogen-bond acceptors (Lipinski definition) is 8. The third kappa shape index (κ3) is 3.68. The molecule has 0 fully saturated rings. The Morgan fingerprint density at radius 1 is 1.06 bits per heavy atom. The summed E-state index contributed by atoms with van der Waals surface area (Å²) in [5.41, 5.74) is -2.46. The van der Waals surface area contributed by atoms with E-state index in [1.165, 1.54) is 0 Å². The first-order valence-electron chi connectivity index (χ1n) is 3.76. The van der Waals surface area contributed by atoms with Gasteiger partial charge in [-0.05, 0) is 0 Å². The molecule has 0 unspecified atom stereocenters. The monoisotopic (exact) mass is 302 g/mol. The van der Waals surface area contributed by atoms with Crippen molar-refractivity contribution in [3.8, 4) is 5.75 Å². The van der Waals surface area contributed by atoms with Crippen LogP contribution < -0.4 is 51.4 Å². The third-order valence-corrected chi connectivity index (χ3v) is 2.54. The van der Waals surface area contributed by atoms with Crippen LogP contribution in [0.2, 0.25) is 0 Å². The maximum absolute atomic E-state index is 10.6. The van der Waals surface area contributed by atoms with Crippen LogP contribution in [-0.2, 0) is 10.1 Å². The number of phenolic OH excluding ortho intramolecular Hbond substituents is 1. The SMILES string of the molecule is O=[N+]([O-])c1cc(S(=O)(=O)[O-])cc([N+](=O)[O-])c1O.[K+]. The summed E-state index contributed by atoms with van der Waals surface area (Å²) < 4.78 is 31.8. The molecule has 0 spiro atoms. The molecule has 92 valence electrons. The van der Waals surface area contributed by atoms with E-state index in [9.17, 15) is 33.2 Å². The Hall–Kier alpha value is -0.634. The molecule has 0 aromatic heterocycles. The molecular weight excluding hydrogens is 299 g/mol. The van der Waals surface area contributed by atoms with Gasteiger partial charge in [0.2, 0.25) is 0 Å². The third-order valence-electron chi connectivity index (χ3n) is 1.73. The molecular formula is C6H3KN2O8S. The number of nitro groups is 2. The van der Waals surface area contributed by atoms with E-state index in [1.54, 1.807) is 0 Å². The Morgan fingerprint density at radius 3 is 1.61 bits per heavy atom. The van der Waals surface area contributed by atoms with E-state index in [1.807, 2.05) is 0 Å². The zero-order valence-electron chi connectivity index (χ0n) is 8.76. The minimum Gasteiger partial charge on any atom is -0.744 e. The van der Waals surface area contributed by atoms with E-state index in [2.05, 4.69) is 0 Å². The molecule has 1 aromatic carbocycles. The van der Waals surface area contributed by atoms with Gasteiger partial charge in [0, 0.05) is 12.1 Å². The molecule has 10 nitrogen and oxygen atoms in total. The van der Waals surface area contributed by atoms with Crippen molar-refractivity contribution in [3.63, 3.8) is 0 Å². The Balaban J connectivity index is 0.00000289. The minimum absolute atomic E-state index is 0. The normalized spacial score (nSPS) is 10.5. The van der Waals surface area contributed by atoms with Crippen LogP contribution in [0, 0.1) is 20.2 Å². The van der Waals surface area contributed by atoms with Gasteiger partial charge < -0.3 is 9.66 Å². The van der Waals surface area contributed by atoms with Gasteiger partial charge in [0.15, 0.2) is 0 Å². The fourth-order valence-electron chi connectivity index (χ4n) is 1.00. The quantitative estimate of drug-likeness (QED) is 0.269. The molecule has 12 heteroatoms. The summed E-state index contributed by atoms with van der Waals surface area (Å²) in [6.07, 6.45) is 0. The van der Waals surface area contributed by atoms with Crippen molar-refractivity contribution in [3.05, 3.63) is 32.4 Å². The van der Waals surface area contributed by atoms with Crippen LogP contribution in [0.5, 0.6) is 5.75 Å². The van der Waals surface area contributed by atoms with Crippen molar-refractivity contribution in [1.82, 2.24) is 0 Å². The summed E-state index contributed by atoms with van der Waals surface area (Å²) in [6.45, 7) is 0. The van der Waals surface area contributed by atoms with Gasteiger partial charge in [0.25, 0.3) is 5.75 Å². The smallest absolute Gasteiger partial charge is 0.744 e. The molecule has 0 saturated heterocycles. The maximum atomic E-state index is 10.6. The Morgan fingerprint density at radius 2 is 1.39 bits per heavy atom. The van der Waals surface area contributed by atoms with Crippen molar-refractivity contribution in [2.75, 3.05) is 0 Å². The first kappa shape index (κ1) is 17.4. The van der Waals surface area contributed by atoms with Crippen molar-refractivity contribution in [1.29, 1.82) is 0 Å².